The van der Waals surface area contributed by atoms with Crippen LogP contribution in [0.15, 0.2) is 30.3 Å². The molecule has 1 aliphatic heterocycles. The van der Waals surface area contributed by atoms with Gasteiger partial charge in [0.05, 0.1) is 5.75 Å². The van der Waals surface area contributed by atoms with Gasteiger partial charge in [-0.2, -0.15) is 0 Å². The minimum absolute atomic E-state index is 0.000165. The molecule has 20 heavy (non-hydrogen) atoms. The summed E-state index contributed by atoms with van der Waals surface area (Å²) >= 11 is 0. The minimum atomic E-state index is -3.08. The molecule has 0 bridgehead atoms. The quantitative estimate of drug-likeness (QED) is 0.887. The summed E-state index contributed by atoms with van der Waals surface area (Å²) in [5, 5.41) is 3.38. The van der Waals surface area contributed by atoms with Gasteiger partial charge in [-0.1, -0.05) is 30.3 Å². The molecular formula is C14H18N2O3S. The van der Waals surface area contributed by atoms with E-state index in [0.29, 0.717) is 0 Å². The number of rotatable bonds is 4. The molecule has 3 rings (SSSR count). The second-order valence-corrected chi connectivity index (χ2v) is 7.93. The lowest BCUT2D eigenvalue weighted by molar-refractivity contribution is -0.130. The summed E-state index contributed by atoms with van der Waals surface area (Å²) in [5.74, 6) is 0.0369. The van der Waals surface area contributed by atoms with Gasteiger partial charge < -0.3 is 4.90 Å². The fraction of sp³-hybridized carbons (Fsp3) is 0.500. The number of hydrogen-bond acceptors (Lipinski definition) is 4. The van der Waals surface area contributed by atoms with Crippen LogP contribution >= 0.6 is 0 Å². The van der Waals surface area contributed by atoms with Crippen molar-refractivity contribution in [3.63, 3.8) is 0 Å². The number of amides is 1. The fourth-order valence-electron chi connectivity index (χ4n) is 2.67. The van der Waals surface area contributed by atoms with Crippen molar-refractivity contribution in [2.45, 2.75) is 24.5 Å². The number of benzene rings is 1. The van der Waals surface area contributed by atoms with Crippen molar-refractivity contribution < 1.29 is 13.2 Å². The van der Waals surface area contributed by atoms with E-state index in [1.165, 1.54) is 6.26 Å². The Labute approximate surface area is 118 Å². The third-order valence-corrected chi connectivity index (χ3v) is 4.89. The van der Waals surface area contributed by atoms with Gasteiger partial charge in [0.1, 0.15) is 21.5 Å². The molecule has 1 atom stereocenters. The standard InChI is InChI=1S/C14H18N2O3S/c1-20(18,19)10-9-16-12(11-5-3-2-4-6-11)15-14(7-8-14)13(16)17/h2-6,12,15H,7-10H2,1H3. The largest absolute Gasteiger partial charge is 0.320 e. The van der Waals surface area contributed by atoms with E-state index in [4.69, 9.17) is 0 Å². The van der Waals surface area contributed by atoms with Crippen LogP contribution in [0.25, 0.3) is 0 Å². The summed E-state index contributed by atoms with van der Waals surface area (Å²) in [6, 6.07) is 9.69. The Balaban J connectivity index is 1.85. The van der Waals surface area contributed by atoms with Crippen LogP contribution in [-0.2, 0) is 14.6 Å². The Bertz CT molecular complexity index is 623. The van der Waals surface area contributed by atoms with E-state index in [9.17, 15) is 13.2 Å². The maximum atomic E-state index is 12.5. The minimum Gasteiger partial charge on any atom is -0.320 e. The van der Waals surface area contributed by atoms with Crippen molar-refractivity contribution in [2.75, 3.05) is 18.6 Å². The van der Waals surface area contributed by atoms with Crippen LogP contribution in [0.4, 0.5) is 0 Å². The number of carbonyl (C=O) groups is 1. The highest BCUT2D eigenvalue weighted by molar-refractivity contribution is 7.90. The summed E-state index contributed by atoms with van der Waals surface area (Å²) in [6.45, 7) is 0.242. The van der Waals surface area contributed by atoms with Crippen LogP contribution < -0.4 is 5.32 Å². The van der Waals surface area contributed by atoms with Crippen LogP contribution in [0.2, 0.25) is 0 Å². The first-order valence-corrected chi connectivity index (χ1v) is 8.79. The fourth-order valence-corrected chi connectivity index (χ4v) is 3.20. The predicted molar refractivity (Wildman–Crippen MR) is 75.7 cm³/mol. The van der Waals surface area contributed by atoms with Crippen molar-refractivity contribution in [1.29, 1.82) is 0 Å². The average molecular weight is 294 g/mol. The Kier molecular flexibility index (Phi) is 3.10. The Morgan fingerprint density at radius 2 is 1.95 bits per heavy atom. The SMILES string of the molecule is CS(=O)(=O)CCN1C(=O)C2(CC2)NC1c1ccccc1. The van der Waals surface area contributed by atoms with Gasteiger partial charge in [-0.05, 0) is 18.4 Å². The molecule has 1 N–H and O–H groups in total. The van der Waals surface area contributed by atoms with E-state index >= 15 is 0 Å². The molecule has 1 saturated heterocycles. The van der Waals surface area contributed by atoms with Gasteiger partial charge in [-0.3, -0.25) is 10.1 Å². The molecule has 1 heterocycles. The third kappa shape index (κ3) is 2.45. The van der Waals surface area contributed by atoms with Gasteiger partial charge in [0.25, 0.3) is 0 Å². The van der Waals surface area contributed by atoms with Crippen molar-refractivity contribution in [1.82, 2.24) is 10.2 Å². The molecule has 5 nitrogen and oxygen atoms in total. The zero-order chi connectivity index (χ0) is 14.4. The number of nitrogens with one attached hydrogen (secondary N) is 1. The van der Waals surface area contributed by atoms with E-state index in [1.807, 2.05) is 30.3 Å². The van der Waals surface area contributed by atoms with E-state index in [1.54, 1.807) is 4.90 Å². The molecule has 0 aromatic heterocycles. The molecule has 2 fully saturated rings. The van der Waals surface area contributed by atoms with Crippen molar-refractivity contribution in [3.05, 3.63) is 35.9 Å². The van der Waals surface area contributed by atoms with Crippen LogP contribution in [0.3, 0.4) is 0 Å². The predicted octanol–water partition coefficient (Wildman–Crippen LogP) is 0.694. The lowest BCUT2D eigenvalue weighted by atomic mass is 10.1. The molecule has 1 spiro atoms. The number of nitrogens with zero attached hydrogens (tertiary/aromatic N) is 1. The van der Waals surface area contributed by atoms with Gasteiger partial charge in [0.15, 0.2) is 0 Å². The smallest absolute Gasteiger partial charge is 0.244 e. The molecule has 2 aliphatic rings. The molecule has 1 aromatic rings. The van der Waals surface area contributed by atoms with Gasteiger partial charge in [0.2, 0.25) is 5.91 Å². The van der Waals surface area contributed by atoms with Crippen molar-refractivity contribution in [3.8, 4) is 0 Å². The molecule has 1 amide bonds. The van der Waals surface area contributed by atoms with Gasteiger partial charge >= 0.3 is 0 Å². The van der Waals surface area contributed by atoms with Crippen molar-refractivity contribution in [2.24, 2.45) is 0 Å². The lowest BCUT2D eigenvalue weighted by Crippen LogP contribution is -2.35. The topological polar surface area (TPSA) is 66.5 Å². The lowest BCUT2D eigenvalue weighted by Gasteiger charge is -2.24. The first kappa shape index (κ1) is 13.6. The number of sulfone groups is 1. The van der Waals surface area contributed by atoms with E-state index < -0.39 is 15.4 Å². The van der Waals surface area contributed by atoms with Gasteiger partial charge in [-0.15, -0.1) is 0 Å². The highest BCUT2D eigenvalue weighted by Crippen LogP contribution is 2.45. The van der Waals surface area contributed by atoms with Crippen LogP contribution in [0, 0.1) is 0 Å². The van der Waals surface area contributed by atoms with E-state index in [2.05, 4.69) is 5.32 Å². The average Bonchev–Trinajstić information content (AvgIpc) is 3.12. The van der Waals surface area contributed by atoms with Crippen LogP contribution in [-0.4, -0.2) is 43.3 Å². The van der Waals surface area contributed by atoms with E-state index in [0.717, 1.165) is 18.4 Å². The van der Waals surface area contributed by atoms with Crippen LogP contribution in [0.5, 0.6) is 0 Å². The number of carbonyl (C=O) groups excluding carboxylic acids is 1. The molecule has 1 aromatic carbocycles. The molecule has 1 unspecified atom stereocenters. The first-order chi connectivity index (χ1) is 9.41. The van der Waals surface area contributed by atoms with Gasteiger partial charge in [-0.25, -0.2) is 8.42 Å². The molecule has 6 heteroatoms. The Morgan fingerprint density at radius 1 is 1.30 bits per heavy atom. The second-order valence-electron chi connectivity index (χ2n) is 5.67. The molecule has 1 aliphatic carbocycles. The summed E-state index contributed by atoms with van der Waals surface area (Å²) in [7, 11) is -3.08. The summed E-state index contributed by atoms with van der Waals surface area (Å²) in [6.07, 6.45) is 2.66. The molecule has 0 radical (unpaired) electrons. The summed E-state index contributed by atoms with van der Waals surface area (Å²) in [5.41, 5.74) is 0.566. The maximum Gasteiger partial charge on any atom is 0.244 e. The summed E-state index contributed by atoms with van der Waals surface area (Å²) in [4.78, 5) is 14.1. The molecule has 108 valence electrons. The van der Waals surface area contributed by atoms with Crippen LogP contribution in [0.1, 0.15) is 24.6 Å². The monoisotopic (exact) mass is 294 g/mol. The highest BCUT2D eigenvalue weighted by Gasteiger charge is 2.59. The second kappa shape index (κ2) is 4.56. The maximum absolute atomic E-state index is 12.5. The zero-order valence-corrected chi connectivity index (χ0v) is 12.2. The molecular weight excluding hydrogens is 276 g/mol. The normalized spacial score (nSPS) is 24.4. The third-order valence-electron chi connectivity index (χ3n) is 3.96. The Morgan fingerprint density at radius 3 is 2.50 bits per heavy atom. The summed E-state index contributed by atoms with van der Waals surface area (Å²) < 4.78 is 22.7. The van der Waals surface area contributed by atoms with Gasteiger partial charge in [0, 0.05) is 12.8 Å². The number of hydrogen-bond donors (Lipinski definition) is 1. The highest BCUT2D eigenvalue weighted by atomic mass is 32.2. The zero-order valence-electron chi connectivity index (χ0n) is 11.4. The van der Waals surface area contributed by atoms with E-state index in [-0.39, 0.29) is 24.4 Å². The molecule has 1 saturated carbocycles. The van der Waals surface area contributed by atoms with Crippen molar-refractivity contribution >= 4 is 15.7 Å². The first-order valence-electron chi connectivity index (χ1n) is 6.73. The Hall–Kier alpha value is -1.40.